The van der Waals surface area contributed by atoms with Gasteiger partial charge in [0, 0.05) is 5.66 Å². The SMILES string of the molecule is CCCCOP(OCCCC)C1CCCCC1. The quantitative estimate of drug-likeness (QED) is 0.415. The number of hydrogen-bond donors (Lipinski definition) is 0. The van der Waals surface area contributed by atoms with E-state index in [-0.39, 0.29) is 0 Å². The minimum atomic E-state index is -0.602. The van der Waals surface area contributed by atoms with E-state index in [0.717, 1.165) is 13.2 Å². The Morgan fingerprint density at radius 3 is 1.88 bits per heavy atom. The van der Waals surface area contributed by atoms with E-state index in [1.54, 1.807) is 0 Å². The fourth-order valence-corrected chi connectivity index (χ4v) is 4.04. The molecule has 0 aromatic carbocycles. The first kappa shape index (κ1) is 15.4. The maximum atomic E-state index is 6.01. The van der Waals surface area contributed by atoms with Gasteiger partial charge in [0.05, 0.1) is 13.2 Å². The van der Waals surface area contributed by atoms with Gasteiger partial charge in [0.2, 0.25) is 0 Å². The molecule has 1 rings (SSSR count). The van der Waals surface area contributed by atoms with Crippen LogP contribution in [0, 0.1) is 0 Å². The molecule has 0 heterocycles. The molecular weight excluding hydrogens is 231 g/mol. The van der Waals surface area contributed by atoms with Crippen molar-refractivity contribution >= 4 is 8.38 Å². The fraction of sp³-hybridized carbons (Fsp3) is 1.00. The zero-order chi connectivity index (χ0) is 12.3. The van der Waals surface area contributed by atoms with Crippen LogP contribution in [-0.4, -0.2) is 18.9 Å². The van der Waals surface area contributed by atoms with Gasteiger partial charge < -0.3 is 9.05 Å². The minimum absolute atomic E-state index is 0.602. The molecule has 0 aliphatic heterocycles. The molecule has 17 heavy (non-hydrogen) atoms. The Kier molecular flexibility index (Phi) is 9.33. The fourth-order valence-electron chi connectivity index (χ4n) is 2.14. The highest BCUT2D eigenvalue weighted by Crippen LogP contribution is 2.49. The third kappa shape index (κ3) is 6.74. The molecule has 1 fully saturated rings. The molecule has 1 aliphatic rings. The average Bonchev–Trinajstić information content (AvgIpc) is 2.38. The van der Waals surface area contributed by atoms with Crippen molar-refractivity contribution in [1.29, 1.82) is 0 Å². The van der Waals surface area contributed by atoms with Crippen molar-refractivity contribution in [3.8, 4) is 0 Å². The van der Waals surface area contributed by atoms with Crippen LogP contribution in [0.4, 0.5) is 0 Å². The highest BCUT2D eigenvalue weighted by molar-refractivity contribution is 7.48. The molecule has 102 valence electrons. The van der Waals surface area contributed by atoms with E-state index in [2.05, 4.69) is 13.8 Å². The van der Waals surface area contributed by atoms with Gasteiger partial charge >= 0.3 is 0 Å². The van der Waals surface area contributed by atoms with E-state index in [4.69, 9.17) is 9.05 Å². The third-order valence-corrected chi connectivity index (χ3v) is 5.29. The Morgan fingerprint density at radius 2 is 1.41 bits per heavy atom. The molecule has 3 heteroatoms. The van der Waals surface area contributed by atoms with Crippen molar-refractivity contribution in [3.63, 3.8) is 0 Å². The first-order chi connectivity index (χ1) is 8.38. The van der Waals surface area contributed by atoms with Crippen LogP contribution in [0.15, 0.2) is 0 Å². The molecule has 0 atom stereocenters. The molecule has 0 N–H and O–H groups in total. The maximum Gasteiger partial charge on any atom is 0.173 e. The summed E-state index contributed by atoms with van der Waals surface area (Å²) in [5.74, 6) is 0. The molecule has 0 saturated heterocycles. The molecule has 0 aromatic heterocycles. The summed E-state index contributed by atoms with van der Waals surface area (Å²) in [4.78, 5) is 0. The van der Waals surface area contributed by atoms with Crippen molar-refractivity contribution in [2.75, 3.05) is 13.2 Å². The van der Waals surface area contributed by atoms with Crippen molar-refractivity contribution in [2.24, 2.45) is 0 Å². The summed E-state index contributed by atoms with van der Waals surface area (Å²) >= 11 is 0. The van der Waals surface area contributed by atoms with Crippen LogP contribution in [0.5, 0.6) is 0 Å². The molecule has 0 spiro atoms. The second kappa shape index (κ2) is 10.3. The van der Waals surface area contributed by atoms with E-state index < -0.39 is 8.38 Å². The molecule has 0 unspecified atom stereocenters. The third-order valence-electron chi connectivity index (χ3n) is 3.31. The summed E-state index contributed by atoms with van der Waals surface area (Å²) in [6.45, 7) is 6.21. The number of rotatable bonds is 9. The van der Waals surface area contributed by atoms with Gasteiger partial charge in [-0.05, 0) is 25.7 Å². The van der Waals surface area contributed by atoms with Gasteiger partial charge in [-0.2, -0.15) is 0 Å². The zero-order valence-electron chi connectivity index (χ0n) is 11.6. The highest BCUT2D eigenvalue weighted by atomic mass is 31.2. The molecule has 0 amide bonds. The Labute approximate surface area is 108 Å². The Balaban J connectivity index is 2.27. The van der Waals surface area contributed by atoms with E-state index in [1.165, 1.54) is 57.8 Å². The summed E-state index contributed by atoms with van der Waals surface area (Å²) in [7, 11) is -0.602. The van der Waals surface area contributed by atoms with E-state index >= 15 is 0 Å². The van der Waals surface area contributed by atoms with Crippen LogP contribution in [0.3, 0.4) is 0 Å². The molecule has 1 aliphatic carbocycles. The van der Waals surface area contributed by atoms with Crippen molar-refractivity contribution in [2.45, 2.75) is 77.3 Å². The largest absolute Gasteiger partial charge is 0.334 e. The van der Waals surface area contributed by atoms with Crippen LogP contribution in [0.1, 0.15) is 71.6 Å². The Hall–Kier alpha value is 0.350. The average molecular weight is 260 g/mol. The lowest BCUT2D eigenvalue weighted by Gasteiger charge is -2.29. The van der Waals surface area contributed by atoms with E-state index in [0.29, 0.717) is 5.66 Å². The van der Waals surface area contributed by atoms with Crippen LogP contribution in [0.25, 0.3) is 0 Å². The molecule has 0 radical (unpaired) electrons. The van der Waals surface area contributed by atoms with Gasteiger partial charge in [0.1, 0.15) is 0 Å². The topological polar surface area (TPSA) is 18.5 Å². The van der Waals surface area contributed by atoms with Crippen molar-refractivity contribution in [3.05, 3.63) is 0 Å². The number of unbranched alkanes of at least 4 members (excludes halogenated alkanes) is 2. The summed E-state index contributed by atoms with van der Waals surface area (Å²) in [6, 6.07) is 0. The van der Waals surface area contributed by atoms with E-state index in [1.807, 2.05) is 0 Å². The minimum Gasteiger partial charge on any atom is -0.334 e. The van der Waals surface area contributed by atoms with Crippen LogP contribution >= 0.6 is 8.38 Å². The standard InChI is InChI=1S/C14H29O2P/c1-3-5-12-15-17(16-13-6-4-2)14-10-8-7-9-11-14/h14H,3-13H2,1-2H3. The lowest BCUT2D eigenvalue weighted by Crippen LogP contribution is -2.14. The number of hydrogen-bond acceptors (Lipinski definition) is 2. The zero-order valence-corrected chi connectivity index (χ0v) is 12.5. The van der Waals surface area contributed by atoms with Crippen LogP contribution in [0.2, 0.25) is 0 Å². The molecule has 0 aromatic rings. The Morgan fingerprint density at radius 1 is 0.882 bits per heavy atom. The maximum absolute atomic E-state index is 6.01. The van der Waals surface area contributed by atoms with Gasteiger partial charge in [-0.1, -0.05) is 46.0 Å². The van der Waals surface area contributed by atoms with E-state index in [9.17, 15) is 0 Å². The monoisotopic (exact) mass is 260 g/mol. The van der Waals surface area contributed by atoms with Crippen LogP contribution in [-0.2, 0) is 9.05 Å². The van der Waals surface area contributed by atoms with Gasteiger partial charge in [-0.25, -0.2) is 0 Å². The normalized spacial score (nSPS) is 17.8. The van der Waals surface area contributed by atoms with Gasteiger partial charge in [0.25, 0.3) is 0 Å². The predicted molar refractivity (Wildman–Crippen MR) is 75.5 cm³/mol. The molecular formula is C14H29O2P. The lowest BCUT2D eigenvalue weighted by atomic mass is 10.0. The second-order valence-corrected chi connectivity index (χ2v) is 6.77. The van der Waals surface area contributed by atoms with Gasteiger partial charge in [-0.3, -0.25) is 0 Å². The second-order valence-electron chi connectivity index (χ2n) is 4.95. The van der Waals surface area contributed by atoms with Crippen molar-refractivity contribution < 1.29 is 9.05 Å². The van der Waals surface area contributed by atoms with Crippen molar-refractivity contribution in [1.82, 2.24) is 0 Å². The first-order valence-corrected chi connectivity index (χ1v) is 8.68. The smallest absolute Gasteiger partial charge is 0.173 e. The molecule has 1 saturated carbocycles. The van der Waals surface area contributed by atoms with Gasteiger partial charge in [0.15, 0.2) is 8.38 Å². The first-order valence-electron chi connectivity index (χ1n) is 7.43. The van der Waals surface area contributed by atoms with Crippen LogP contribution < -0.4 is 0 Å². The summed E-state index contributed by atoms with van der Waals surface area (Å²) in [5.41, 5.74) is 0.715. The molecule has 2 nitrogen and oxygen atoms in total. The predicted octanol–water partition coefficient (Wildman–Crippen LogP) is 5.26. The highest BCUT2D eigenvalue weighted by Gasteiger charge is 2.25. The Bertz CT molecular complexity index is 160. The van der Waals surface area contributed by atoms with Gasteiger partial charge in [-0.15, -0.1) is 0 Å². The summed E-state index contributed by atoms with van der Waals surface area (Å²) in [5, 5.41) is 0. The lowest BCUT2D eigenvalue weighted by molar-refractivity contribution is 0.231. The molecule has 0 bridgehead atoms. The summed E-state index contributed by atoms with van der Waals surface area (Å²) < 4.78 is 12.0. The summed E-state index contributed by atoms with van der Waals surface area (Å²) in [6.07, 6.45) is 11.6.